The number of halogens is 1. The summed E-state index contributed by atoms with van der Waals surface area (Å²) in [6.07, 6.45) is 0.821. The average Bonchev–Trinajstić information content (AvgIpc) is 2.30. The molecule has 17 heavy (non-hydrogen) atoms. The Balaban J connectivity index is 2.75. The number of ether oxygens (including phenoxy) is 1. The first-order valence-corrected chi connectivity index (χ1v) is 8.42. The largest absolute Gasteiger partial charge is 0.379 e. The molecule has 0 atom stereocenters. The fourth-order valence-electron chi connectivity index (χ4n) is 1.78. The number of hydrogen-bond acceptors (Lipinski definition) is 3. The van der Waals surface area contributed by atoms with Crippen LogP contribution in [0.4, 0.5) is 0 Å². The van der Waals surface area contributed by atoms with Gasteiger partial charge in [0.25, 0.3) is 10.2 Å². The summed E-state index contributed by atoms with van der Waals surface area (Å²) in [7, 11) is -3.33. The van der Waals surface area contributed by atoms with Crippen LogP contribution < -0.4 is 0 Å². The van der Waals surface area contributed by atoms with E-state index in [4.69, 9.17) is 4.74 Å². The lowest BCUT2D eigenvalue weighted by Crippen LogP contribution is -2.51. The lowest BCUT2D eigenvalue weighted by atomic mass is 10.4. The molecule has 0 aliphatic carbocycles. The second-order valence-electron chi connectivity index (χ2n) is 4.27. The van der Waals surface area contributed by atoms with Crippen molar-refractivity contribution < 1.29 is 13.2 Å². The van der Waals surface area contributed by atoms with Gasteiger partial charge in [-0.05, 0) is 20.3 Å². The first kappa shape index (κ1) is 15.4. The molecule has 0 saturated carbocycles. The molecule has 0 aromatic rings. The topological polar surface area (TPSA) is 49.9 Å². The van der Waals surface area contributed by atoms with Crippen molar-refractivity contribution in [2.45, 2.75) is 26.3 Å². The number of morpholine rings is 1. The molecular weight excluding hydrogens is 308 g/mol. The van der Waals surface area contributed by atoms with Gasteiger partial charge in [-0.15, -0.1) is 0 Å². The number of alkyl halides is 1. The molecule has 7 heteroatoms. The highest BCUT2D eigenvalue weighted by molar-refractivity contribution is 9.09. The lowest BCUT2D eigenvalue weighted by Gasteiger charge is -2.34. The predicted molar refractivity (Wildman–Crippen MR) is 71.6 cm³/mol. The Labute approximate surface area is 112 Å². The van der Waals surface area contributed by atoms with Crippen LogP contribution in [-0.2, 0) is 14.9 Å². The Kier molecular flexibility index (Phi) is 6.36. The summed E-state index contributed by atoms with van der Waals surface area (Å²) in [4.78, 5) is 0. The van der Waals surface area contributed by atoms with Crippen LogP contribution in [-0.4, -0.2) is 61.2 Å². The second-order valence-corrected chi connectivity index (χ2v) is 6.94. The van der Waals surface area contributed by atoms with Gasteiger partial charge in [0.1, 0.15) is 0 Å². The van der Waals surface area contributed by atoms with Crippen LogP contribution in [0.5, 0.6) is 0 Å². The fraction of sp³-hybridized carbons (Fsp3) is 1.00. The summed E-state index contributed by atoms with van der Waals surface area (Å²) in [6, 6.07) is -0.0121. The molecular formula is C10H21BrN2O3S. The van der Waals surface area contributed by atoms with Crippen LogP contribution in [0.1, 0.15) is 20.3 Å². The lowest BCUT2D eigenvalue weighted by molar-refractivity contribution is 0.0695. The highest BCUT2D eigenvalue weighted by Crippen LogP contribution is 2.15. The van der Waals surface area contributed by atoms with E-state index in [0.717, 1.165) is 11.8 Å². The maximum atomic E-state index is 12.4. The molecule has 0 N–H and O–H groups in total. The van der Waals surface area contributed by atoms with Crippen LogP contribution in [0.3, 0.4) is 0 Å². The highest BCUT2D eigenvalue weighted by atomic mass is 79.9. The Morgan fingerprint density at radius 3 is 2.41 bits per heavy atom. The van der Waals surface area contributed by atoms with E-state index in [1.165, 1.54) is 4.31 Å². The second kappa shape index (κ2) is 7.04. The first-order chi connectivity index (χ1) is 8.00. The zero-order chi connectivity index (χ0) is 12.9. The molecule has 0 unspecified atom stereocenters. The molecule has 0 amide bonds. The Bertz CT molecular complexity index is 316. The van der Waals surface area contributed by atoms with Gasteiger partial charge in [0, 0.05) is 31.0 Å². The highest BCUT2D eigenvalue weighted by Gasteiger charge is 2.32. The normalized spacial score (nSPS) is 19.1. The third-order valence-corrected chi connectivity index (χ3v) is 5.46. The Morgan fingerprint density at radius 1 is 1.35 bits per heavy atom. The van der Waals surface area contributed by atoms with Crippen molar-refractivity contribution in [2.75, 3.05) is 38.2 Å². The molecule has 0 spiro atoms. The smallest absolute Gasteiger partial charge is 0.282 e. The van der Waals surface area contributed by atoms with Crippen molar-refractivity contribution in [1.82, 2.24) is 8.61 Å². The van der Waals surface area contributed by atoms with E-state index in [-0.39, 0.29) is 6.04 Å². The Morgan fingerprint density at radius 2 is 1.94 bits per heavy atom. The molecule has 0 aromatic carbocycles. The van der Waals surface area contributed by atoms with E-state index in [2.05, 4.69) is 15.9 Å². The SMILES string of the molecule is CC(C)N(CCCBr)S(=O)(=O)N1CCOCC1. The van der Waals surface area contributed by atoms with Crippen LogP contribution in [0, 0.1) is 0 Å². The van der Waals surface area contributed by atoms with Gasteiger partial charge in [-0.25, -0.2) is 0 Å². The van der Waals surface area contributed by atoms with Gasteiger partial charge >= 0.3 is 0 Å². The van der Waals surface area contributed by atoms with E-state index in [1.807, 2.05) is 13.8 Å². The number of hydrogen-bond donors (Lipinski definition) is 0. The van der Waals surface area contributed by atoms with E-state index in [1.54, 1.807) is 4.31 Å². The molecule has 0 radical (unpaired) electrons. The van der Waals surface area contributed by atoms with Crippen molar-refractivity contribution in [3.8, 4) is 0 Å². The third kappa shape index (κ3) is 4.17. The summed E-state index contributed by atoms with van der Waals surface area (Å²) in [5.41, 5.74) is 0. The van der Waals surface area contributed by atoms with Crippen LogP contribution in [0.15, 0.2) is 0 Å². The summed E-state index contributed by atoms with van der Waals surface area (Å²) >= 11 is 3.33. The van der Waals surface area contributed by atoms with Crippen molar-refractivity contribution in [1.29, 1.82) is 0 Å². The maximum Gasteiger partial charge on any atom is 0.282 e. The first-order valence-electron chi connectivity index (χ1n) is 5.90. The minimum Gasteiger partial charge on any atom is -0.379 e. The van der Waals surface area contributed by atoms with Crippen molar-refractivity contribution in [2.24, 2.45) is 0 Å². The minimum atomic E-state index is -3.33. The monoisotopic (exact) mass is 328 g/mol. The van der Waals surface area contributed by atoms with Crippen molar-refractivity contribution in [3.05, 3.63) is 0 Å². The average molecular weight is 329 g/mol. The minimum absolute atomic E-state index is 0.0121. The van der Waals surface area contributed by atoms with Crippen LogP contribution in [0.2, 0.25) is 0 Å². The molecule has 1 aliphatic rings. The maximum absolute atomic E-state index is 12.4. The van der Waals surface area contributed by atoms with E-state index >= 15 is 0 Å². The molecule has 1 heterocycles. The van der Waals surface area contributed by atoms with Gasteiger partial charge in [-0.3, -0.25) is 0 Å². The van der Waals surface area contributed by atoms with E-state index in [0.29, 0.717) is 32.8 Å². The van der Waals surface area contributed by atoms with Crippen molar-refractivity contribution in [3.63, 3.8) is 0 Å². The van der Waals surface area contributed by atoms with Gasteiger partial charge in [0.15, 0.2) is 0 Å². The zero-order valence-corrected chi connectivity index (χ0v) is 12.8. The molecule has 5 nitrogen and oxygen atoms in total. The van der Waals surface area contributed by atoms with Gasteiger partial charge in [0.05, 0.1) is 13.2 Å². The summed E-state index contributed by atoms with van der Waals surface area (Å²) in [5.74, 6) is 0. The quantitative estimate of drug-likeness (QED) is 0.685. The van der Waals surface area contributed by atoms with Gasteiger partial charge in [-0.2, -0.15) is 17.0 Å². The Hall–Kier alpha value is 0.310. The summed E-state index contributed by atoms with van der Waals surface area (Å²) in [6.45, 7) is 6.27. The van der Waals surface area contributed by atoms with Crippen molar-refractivity contribution >= 4 is 26.1 Å². The molecule has 1 fully saturated rings. The van der Waals surface area contributed by atoms with Gasteiger partial charge in [0.2, 0.25) is 0 Å². The molecule has 0 bridgehead atoms. The molecule has 1 aliphatic heterocycles. The summed E-state index contributed by atoms with van der Waals surface area (Å²) < 4.78 is 33.1. The molecule has 1 rings (SSSR count). The van der Waals surface area contributed by atoms with Crippen LogP contribution in [0.25, 0.3) is 0 Å². The fourth-order valence-corrected chi connectivity index (χ4v) is 3.83. The predicted octanol–water partition coefficient (Wildman–Crippen LogP) is 1.06. The van der Waals surface area contributed by atoms with E-state index < -0.39 is 10.2 Å². The van der Waals surface area contributed by atoms with Crippen LogP contribution >= 0.6 is 15.9 Å². The number of rotatable bonds is 6. The van der Waals surface area contributed by atoms with Gasteiger partial charge < -0.3 is 4.74 Å². The molecule has 1 saturated heterocycles. The molecule has 102 valence electrons. The van der Waals surface area contributed by atoms with Gasteiger partial charge in [-0.1, -0.05) is 15.9 Å². The number of nitrogens with zero attached hydrogens (tertiary/aromatic N) is 2. The standard InChI is InChI=1S/C10H21BrN2O3S/c1-10(2)13(5-3-4-11)17(14,15)12-6-8-16-9-7-12/h10H,3-9H2,1-2H3. The van der Waals surface area contributed by atoms with E-state index in [9.17, 15) is 8.42 Å². The molecule has 0 aromatic heterocycles. The third-order valence-electron chi connectivity index (χ3n) is 2.68. The zero-order valence-electron chi connectivity index (χ0n) is 10.4. The summed E-state index contributed by atoms with van der Waals surface area (Å²) in [5, 5.41) is 0.814.